The second-order valence-electron chi connectivity index (χ2n) is 7.99. The summed E-state index contributed by atoms with van der Waals surface area (Å²) in [4.78, 5) is 0. The zero-order valence-corrected chi connectivity index (χ0v) is 15.7. The molecule has 2 aromatic rings. The minimum atomic E-state index is 0.774. The predicted octanol–water partition coefficient (Wildman–Crippen LogP) is 5.36. The van der Waals surface area contributed by atoms with Gasteiger partial charge in [0.15, 0.2) is 0 Å². The van der Waals surface area contributed by atoms with Crippen molar-refractivity contribution in [3.8, 4) is 11.1 Å². The highest BCUT2D eigenvalue weighted by molar-refractivity contribution is 5.79. The van der Waals surface area contributed by atoms with Gasteiger partial charge in [0.2, 0.25) is 0 Å². The fraction of sp³-hybridized carbons (Fsp3) is 0.360. The van der Waals surface area contributed by atoms with Crippen molar-refractivity contribution >= 4 is 12.2 Å². The van der Waals surface area contributed by atoms with Gasteiger partial charge in [0.25, 0.3) is 0 Å². The van der Waals surface area contributed by atoms with Crippen LogP contribution >= 0.6 is 0 Å². The lowest BCUT2D eigenvalue weighted by molar-refractivity contribution is 0.419. The molecule has 0 aliphatic heterocycles. The summed E-state index contributed by atoms with van der Waals surface area (Å²) in [6.07, 6.45) is 14.3. The van der Waals surface area contributed by atoms with Gasteiger partial charge in [0.1, 0.15) is 0 Å². The third kappa shape index (κ3) is 3.35. The van der Waals surface area contributed by atoms with E-state index in [-0.39, 0.29) is 0 Å². The molecule has 2 aliphatic carbocycles. The normalized spacial score (nSPS) is 18.8. The van der Waals surface area contributed by atoms with E-state index in [0.717, 1.165) is 5.92 Å². The molecule has 1 fully saturated rings. The van der Waals surface area contributed by atoms with Gasteiger partial charge in [0, 0.05) is 0 Å². The van der Waals surface area contributed by atoms with E-state index >= 15 is 0 Å². The Morgan fingerprint density at radius 3 is 2.20 bits per heavy atom. The number of aryl methyl sites for hydroxylation is 3. The maximum Gasteiger partial charge on any atom is -0.00967 e. The maximum atomic E-state index is 2.53. The van der Waals surface area contributed by atoms with E-state index in [0.29, 0.717) is 0 Å². The van der Waals surface area contributed by atoms with Crippen molar-refractivity contribution in [2.45, 2.75) is 52.9 Å². The van der Waals surface area contributed by atoms with Gasteiger partial charge in [-0.1, -0.05) is 66.8 Å². The Balaban J connectivity index is 1.82. The van der Waals surface area contributed by atoms with Crippen LogP contribution in [0, 0.1) is 26.7 Å². The summed E-state index contributed by atoms with van der Waals surface area (Å²) in [6.45, 7) is 6.61. The van der Waals surface area contributed by atoms with Crippen molar-refractivity contribution in [3.63, 3.8) is 0 Å². The minimum Gasteiger partial charge on any atom is -0.0741 e. The van der Waals surface area contributed by atoms with Crippen molar-refractivity contribution in [1.29, 1.82) is 0 Å². The molecule has 0 heteroatoms. The Morgan fingerprint density at radius 2 is 1.48 bits per heavy atom. The van der Waals surface area contributed by atoms with Gasteiger partial charge in [-0.15, -0.1) is 0 Å². The van der Waals surface area contributed by atoms with Gasteiger partial charge in [-0.2, -0.15) is 0 Å². The smallest absolute Gasteiger partial charge is 0.00967 e. The van der Waals surface area contributed by atoms with E-state index < -0.39 is 0 Å². The molecule has 0 bridgehead atoms. The molecule has 0 amide bonds. The Bertz CT molecular complexity index is 930. The monoisotopic (exact) mass is 328 g/mol. The third-order valence-corrected chi connectivity index (χ3v) is 5.74. The molecular formula is C25H28. The van der Waals surface area contributed by atoms with E-state index in [1.54, 1.807) is 0 Å². The highest BCUT2D eigenvalue weighted by Crippen LogP contribution is 2.27. The van der Waals surface area contributed by atoms with E-state index in [1.807, 2.05) is 0 Å². The van der Waals surface area contributed by atoms with Gasteiger partial charge in [0.05, 0.1) is 0 Å². The molecule has 0 atom stereocenters. The highest BCUT2D eigenvalue weighted by Gasteiger charge is 2.13. The third-order valence-electron chi connectivity index (χ3n) is 5.74. The van der Waals surface area contributed by atoms with Crippen LogP contribution in [0.2, 0.25) is 0 Å². The molecule has 0 heterocycles. The van der Waals surface area contributed by atoms with Crippen molar-refractivity contribution in [1.82, 2.24) is 0 Å². The molecular weight excluding hydrogens is 300 g/mol. The van der Waals surface area contributed by atoms with E-state index in [9.17, 15) is 0 Å². The quantitative estimate of drug-likeness (QED) is 0.696. The van der Waals surface area contributed by atoms with E-state index in [2.05, 4.69) is 69.3 Å². The Kier molecular flexibility index (Phi) is 4.37. The Morgan fingerprint density at radius 1 is 0.800 bits per heavy atom. The molecule has 0 unspecified atom stereocenters. The van der Waals surface area contributed by atoms with Crippen LogP contribution in [0.5, 0.6) is 0 Å². The molecule has 25 heavy (non-hydrogen) atoms. The van der Waals surface area contributed by atoms with Gasteiger partial charge in [-0.3, -0.25) is 0 Å². The predicted molar refractivity (Wildman–Crippen MR) is 109 cm³/mol. The first-order valence-electron chi connectivity index (χ1n) is 9.74. The van der Waals surface area contributed by atoms with E-state index in [4.69, 9.17) is 0 Å². The van der Waals surface area contributed by atoms with Gasteiger partial charge >= 0.3 is 0 Å². The van der Waals surface area contributed by atoms with Crippen LogP contribution in [-0.4, -0.2) is 0 Å². The van der Waals surface area contributed by atoms with Crippen LogP contribution in [0.4, 0.5) is 0 Å². The van der Waals surface area contributed by atoms with E-state index in [1.165, 1.54) is 75.9 Å². The van der Waals surface area contributed by atoms with Gasteiger partial charge in [-0.25, -0.2) is 0 Å². The van der Waals surface area contributed by atoms with Crippen molar-refractivity contribution in [3.05, 3.63) is 69.1 Å². The SMILES string of the molecule is Cc1cc(C)cc(-c2ccc(C)c3c2=CC(=CC2CCCCC2)C=3)c1. The summed E-state index contributed by atoms with van der Waals surface area (Å²) in [5.74, 6) is 0.774. The van der Waals surface area contributed by atoms with Gasteiger partial charge < -0.3 is 0 Å². The lowest BCUT2D eigenvalue weighted by Crippen LogP contribution is -2.26. The first kappa shape index (κ1) is 16.4. The second-order valence-corrected chi connectivity index (χ2v) is 7.99. The van der Waals surface area contributed by atoms with Gasteiger partial charge in [-0.05, 0) is 84.4 Å². The van der Waals surface area contributed by atoms with Crippen LogP contribution in [-0.2, 0) is 0 Å². The maximum absolute atomic E-state index is 2.53. The van der Waals surface area contributed by atoms with Crippen molar-refractivity contribution < 1.29 is 0 Å². The molecule has 2 aliphatic rings. The fourth-order valence-electron chi connectivity index (χ4n) is 4.52. The number of rotatable bonds is 2. The number of hydrogen-bond donors (Lipinski definition) is 0. The van der Waals surface area contributed by atoms with Crippen molar-refractivity contribution in [2.24, 2.45) is 5.92 Å². The average Bonchev–Trinajstić information content (AvgIpc) is 2.99. The topological polar surface area (TPSA) is 0 Å². The molecule has 0 radical (unpaired) electrons. The number of fused-ring (bicyclic) bond motifs is 1. The molecule has 128 valence electrons. The van der Waals surface area contributed by atoms with Crippen LogP contribution in [0.25, 0.3) is 23.3 Å². The Hall–Kier alpha value is -2.08. The summed E-state index contributed by atoms with van der Waals surface area (Å²) in [5, 5.41) is 2.82. The summed E-state index contributed by atoms with van der Waals surface area (Å²) in [7, 11) is 0. The Labute approximate surface area is 151 Å². The summed E-state index contributed by atoms with van der Waals surface area (Å²) in [5.41, 5.74) is 8.19. The van der Waals surface area contributed by atoms with Crippen LogP contribution in [0.15, 0.2) is 42.0 Å². The summed E-state index contributed by atoms with van der Waals surface area (Å²) >= 11 is 0. The lowest BCUT2D eigenvalue weighted by Gasteiger charge is -2.18. The zero-order valence-electron chi connectivity index (χ0n) is 15.7. The molecule has 4 rings (SSSR count). The molecule has 0 spiro atoms. The summed E-state index contributed by atoms with van der Waals surface area (Å²) in [6, 6.07) is 11.5. The molecule has 0 aromatic heterocycles. The first-order valence-corrected chi connectivity index (χ1v) is 9.74. The van der Waals surface area contributed by atoms with Crippen LogP contribution in [0.1, 0.15) is 48.8 Å². The first-order chi connectivity index (χ1) is 12.1. The van der Waals surface area contributed by atoms with Crippen LogP contribution in [0.3, 0.4) is 0 Å². The summed E-state index contributed by atoms with van der Waals surface area (Å²) < 4.78 is 0. The molecule has 2 aromatic carbocycles. The number of benzene rings is 2. The number of allylic oxidation sites excluding steroid dienone is 2. The lowest BCUT2D eigenvalue weighted by atomic mass is 9.88. The number of hydrogen-bond acceptors (Lipinski definition) is 0. The average molecular weight is 328 g/mol. The largest absolute Gasteiger partial charge is 0.0741 e. The van der Waals surface area contributed by atoms with Crippen molar-refractivity contribution in [2.75, 3.05) is 0 Å². The van der Waals surface area contributed by atoms with Crippen LogP contribution < -0.4 is 10.4 Å². The minimum absolute atomic E-state index is 0.774. The standard InChI is InChI=1S/C25H28/c1-17-11-18(2)13-22(12-17)23-10-9-19(3)24-15-21(16-25(23)24)14-20-7-5-4-6-8-20/h9-16,20H,4-8H2,1-3H3. The molecule has 0 nitrogen and oxygen atoms in total. The second kappa shape index (κ2) is 6.67. The highest BCUT2D eigenvalue weighted by atomic mass is 14.2. The fourth-order valence-corrected chi connectivity index (χ4v) is 4.52. The molecule has 1 saturated carbocycles. The molecule has 0 N–H and O–H groups in total. The molecule has 0 saturated heterocycles. The zero-order chi connectivity index (χ0) is 17.4.